The van der Waals surface area contributed by atoms with E-state index in [2.05, 4.69) is 15.9 Å². The van der Waals surface area contributed by atoms with Gasteiger partial charge in [0, 0.05) is 6.54 Å². The summed E-state index contributed by atoms with van der Waals surface area (Å²) in [6.45, 7) is 0.330. The van der Waals surface area contributed by atoms with Crippen molar-refractivity contribution in [3.63, 3.8) is 0 Å². The highest BCUT2D eigenvalue weighted by Crippen LogP contribution is 2.29. The van der Waals surface area contributed by atoms with Crippen LogP contribution in [0.15, 0.2) is 54.6 Å². The van der Waals surface area contributed by atoms with Gasteiger partial charge in [0.25, 0.3) is 11.8 Å². The largest absolute Gasteiger partial charge is 0.273 e. The number of rotatable bonds is 3. The predicted molar refractivity (Wildman–Crippen MR) is 79.9 cm³/mol. The van der Waals surface area contributed by atoms with E-state index >= 15 is 0 Å². The molecule has 0 aromatic heterocycles. The first-order valence-corrected chi connectivity index (χ1v) is 7.24. The molecule has 0 aliphatic carbocycles. The van der Waals surface area contributed by atoms with Gasteiger partial charge in [-0.3, -0.25) is 14.5 Å². The van der Waals surface area contributed by atoms with Crippen LogP contribution in [-0.2, 0) is 0 Å². The van der Waals surface area contributed by atoms with Crippen molar-refractivity contribution in [3.05, 3.63) is 71.3 Å². The molecule has 1 aliphatic rings. The molecule has 0 N–H and O–H groups in total. The topological polar surface area (TPSA) is 37.4 Å². The van der Waals surface area contributed by atoms with Crippen LogP contribution in [0.4, 0.5) is 0 Å². The maximum absolute atomic E-state index is 12.3. The van der Waals surface area contributed by atoms with Crippen LogP contribution in [0.25, 0.3) is 0 Å². The third-order valence-electron chi connectivity index (χ3n) is 3.38. The summed E-state index contributed by atoms with van der Waals surface area (Å²) in [5, 5.41) is 0. The average Bonchev–Trinajstić information content (AvgIpc) is 2.74. The second-order valence-corrected chi connectivity index (χ2v) is 5.75. The van der Waals surface area contributed by atoms with Crippen LogP contribution in [0, 0.1) is 0 Å². The van der Waals surface area contributed by atoms with Gasteiger partial charge in [0.15, 0.2) is 0 Å². The summed E-state index contributed by atoms with van der Waals surface area (Å²) in [7, 11) is 0. The molecule has 3 rings (SSSR count). The summed E-state index contributed by atoms with van der Waals surface area (Å²) < 4.78 is 0. The Bertz CT molecular complexity index is 634. The molecule has 0 bridgehead atoms. The Morgan fingerprint density at radius 1 is 0.850 bits per heavy atom. The average molecular weight is 330 g/mol. The first-order chi connectivity index (χ1) is 9.68. The first-order valence-electron chi connectivity index (χ1n) is 6.32. The summed E-state index contributed by atoms with van der Waals surface area (Å²) in [6, 6.07) is 16.7. The van der Waals surface area contributed by atoms with Crippen LogP contribution in [0.5, 0.6) is 0 Å². The van der Waals surface area contributed by atoms with Crippen molar-refractivity contribution < 1.29 is 9.59 Å². The third kappa shape index (κ3) is 2.16. The normalized spacial score (nSPS) is 15.3. The number of carbonyl (C=O) groups excluding carboxylic acids is 2. The molecule has 1 heterocycles. The van der Waals surface area contributed by atoms with Gasteiger partial charge in [-0.15, -0.1) is 0 Å². The van der Waals surface area contributed by atoms with E-state index in [4.69, 9.17) is 0 Å². The van der Waals surface area contributed by atoms with Crippen LogP contribution < -0.4 is 0 Å². The van der Waals surface area contributed by atoms with Gasteiger partial charge in [-0.25, -0.2) is 0 Å². The summed E-state index contributed by atoms with van der Waals surface area (Å²) in [4.78, 5) is 25.8. The molecule has 2 amide bonds. The first kappa shape index (κ1) is 13.1. The van der Waals surface area contributed by atoms with E-state index in [1.807, 2.05) is 30.3 Å². The van der Waals surface area contributed by atoms with Gasteiger partial charge in [0.2, 0.25) is 0 Å². The molecule has 0 fully saturated rings. The fourth-order valence-electron chi connectivity index (χ4n) is 2.33. The minimum absolute atomic E-state index is 0.0640. The van der Waals surface area contributed by atoms with Crippen molar-refractivity contribution in [2.24, 2.45) is 0 Å². The number of hydrogen-bond donors (Lipinski definition) is 0. The molecule has 2 aromatic carbocycles. The summed E-state index contributed by atoms with van der Waals surface area (Å²) in [5.74, 6) is -0.433. The Balaban J connectivity index is 1.84. The fourth-order valence-corrected chi connectivity index (χ4v) is 2.93. The van der Waals surface area contributed by atoms with Crippen LogP contribution in [0.1, 0.15) is 31.1 Å². The van der Waals surface area contributed by atoms with Crippen molar-refractivity contribution in [3.8, 4) is 0 Å². The lowest BCUT2D eigenvalue weighted by Crippen LogP contribution is -2.32. The lowest BCUT2D eigenvalue weighted by Gasteiger charge is -2.18. The lowest BCUT2D eigenvalue weighted by molar-refractivity contribution is 0.0655. The summed E-state index contributed by atoms with van der Waals surface area (Å²) >= 11 is 3.55. The van der Waals surface area contributed by atoms with E-state index in [1.54, 1.807) is 24.3 Å². The molecule has 4 heteroatoms. The van der Waals surface area contributed by atoms with E-state index in [0.717, 1.165) is 5.56 Å². The number of imide groups is 1. The molecular formula is C16H12BrNO2. The molecule has 0 radical (unpaired) electrons. The summed E-state index contributed by atoms with van der Waals surface area (Å²) in [5.41, 5.74) is 2.03. The number of fused-ring (bicyclic) bond motifs is 1. The number of carbonyl (C=O) groups is 2. The van der Waals surface area contributed by atoms with Crippen LogP contribution in [0.3, 0.4) is 0 Å². The van der Waals surface area contributed by atoms with Gasteiger partial charge in [-0.05, 0) is 17.7 Å². The Hall–Kier alpha value is -1.94. The third-order valence-corrected chi connectivity index (χ3v) is 4.20. The van der Waals surface area contributed by atoms with Crippen molar-refractivity contribution in [2.45, 2.75) is 4.83 Å². The molecule has 0 saturated heterocycles. The zero-order chi connectivity index (χ0) is 14.1. The monoisotopic (exact) mass is 329 g/mol. The molecule has 0 saturated carbocycles. The molecule has 1 aliphatic heterocycles. The highest BCUT2D eigenvalue weighted by atomic mass is 79.9. The molecule has 0 spiro atoms. The standard InChI is InChI=1S/C16H12BrNO2/c17-14(11-6-2-1-3-7-11)10-18-15(19)12-8-4-5-9-13(12)16(18)20/h1-9,14H,10H2. The maximum Gasteiger partial charge on any atom is 0.261 e. The Morgan fingerprint density at radius 2 is 1.35 bits per heavy atom. The molecule has 100 valence electrons. The lowest BCUT2D eigenvalue weighted by atomic mass is 10.1. The number of amides is 2. The maximum atomic E-state index is 12.3. The van der Waals surface area contributed by atoms with Gasteiger partial charge in [-0.1, -0.05) is 58.4 Å². The number of hydrogen-bond acceptors (Lipinski definition) is 2. The van der Waals surface area contributed by atoms with Gasteiger partial charge < -0.3 is 0 Å². The zero-order valence-corrected chi connectivity index (χ0v) is 12.2. The second kappa shape index (κ2) is 5.21. The Labute approximate surface area is 125 Å². The SMILES string of the molecule is O=C1c2ccccc2C(=O)N1CC(Br)c1ccccc1. The van der Waals surface area contributed by atoms with Gasteiger partial charge in [0.05, 0.1) is 16.0 Å². The fraction of sp³-hybridized carbons (Fsp3) is 0.125. The molecule has 3 nitrogen and oxygen atoms in total. The quantitative estimate of drug-likeness (QED) is 0.639. The molecular weight excluding hydrogens is 318 g/mol. The minimum Gasteiger partial charge on any atom is -0.273 e. The van der Waals surface area contributed by atoms with Crippen LogP contribution in [-0.4, -0.2) is 23.3 Å². The molecule has 20 heavy (non-hydrogen) atoms. The van der Waals surface area contributed by atoms with Gasteiger partial charge in [-0.2, -0.15) is 0 Å². The van der Waals surface area contributed by atoms with E-state index in [9.17, 15) is 9.59 Å². The second-order valence-electron chi connectivity index (χ2n) is 4.64. The van der Waals surface area contributed by atoms with Crippen LogP contribution in [0.2, 0.25) is 0 Å². The minimum atomic E-state index is -0.217. The van der Waals surface area contributed by atoms with Crippen molar-refractivity contribution in [1.82, 2.24) is 4.90 Å². The molecule has 1 unspecified atom stereocenters. The van der Waals surface area contributed by atoms with Gasteiger partial charge >= 0.3 is 0 Å². The number of alkyl halides is 1. The number of nitrogens with zero attached hydrogens (tertiary/aromatic N) is 1. The predicted octanol–water partition coefficient (Wildman–Crippen LogP) is 3.42. The Kier molecular flexibility index (Phi) is 3.40. The summed E-state index contributed by atoms with van der Waals surface area (Å²) in [6.07, 6.45) is 0. The smallest absolute Gasteiger partial charge is 0.261 e. The van der Waals surface area contributed by atoms with E-state index in [-0.39, 0.29) is 16.6 Å². The highest BCUT2D eigenvalue weighted by Gasteiger charge is 2.36. The number of halogens is 1. The molecule has 1 atom stereocenters. The molecule has 2 aromatic rings. The van der Waals surface area contributed by atoms with Crippen LogP contribution >= 0.6 is 15.9 Å². The van der Waals surface area contributed by atoms with Gasteiger partial charge in [0.1, 0.15) is 0 Å². The van der Waals surface area contributed by atoms with Crippen molar-refractivity contribution in [2.75, 3.05) is 6.54 Å². The van der Waals surface area contributed by atoms with Crippen molar-refractivity contribution in [1.29, 1.82) is 0 Å². The van der Waals surface area contributed by atoms with E-state index in [1.165, 1.54) is 4.90 Å². The Morgan fingerprint density at radius 3 is 1.90 bits per heavy atom. The van der Waals surface area contributed by atoms with Crippen molar-refractivity contribution >= 4 is 27.7 Å². The highest BCUT2D eigenvalue weighted by molar-refractivity contribution is 9.09. The van der Waals surface area contributed by atoms with E-state index in [0.29, 0.717) is 17.7 Å². The number of benzene rings is 2. The zero-order valence-electron chi connectivity index (χ0n) is 10.6. The van der Waals surface area contributed by atoms with E-state index < -0.39 is 0 Å².